The third kappa shape index (κ3) is 5.49. The van der Waals surface area contributed by atoms with Crippen LogP contribution in [0.2, 0.25) is 5.02 Å². The van der Waals surface area contributed by atoms with E-state index in [0.29, 0.717) is 28.3 Å². The number of fused-ring (bicyclic) bond motifs is 1. The van der Waals surface area contributed by atoms with Crippen LogP contribution in [0.25, 0.3) is 22.4 Å². The number of amides is 1. The predicted molar refractivity (Wildman–Crippen MR) is 149 cm³/mol. The van der Waals surface area contributed by atoms with Crippen LogP contribution in [-0.4, -0.2) is 32.7 Å². The number of imidazole rings is 1. The number of rotatable bonds is 7. The van der Waals surface area contributed by atoms with E-state index in [9.17, 15) is 4.79 Å². The molecule has 2 N–H and O–H groups in total. The van der Waals surface area contributed by atoms with E-state index in [0.717, 1.165) is 47.9 Å². The molecule has 0 radical (unpaired) electrons. The van der Waals surface area contributed by atoms with Crippen molar-refractivity contribution in [1.82, 2.24) is 30.3 Å². The second-order valence-electron chi connectivity index (χ2n) is 11.5. The van der Waals surface area contributed by atoms with E-state index in [1.54, 1.807) is 7.11 Å². The fourth-order valence-electron chi connectivity index (χ4n) is 6.56. The molecule has 10 heteroatoms. The Kier molecular flexibility index (Phi) is 7.73. The monoisotopic (exact) mass is 552 g/mol. The minimum Gasteiger partial charge on any atom is -0.373 e. The average molecular weight is 553 g/mol. The zero-order valence-electron chi connectivity index (χ0n) is 22.7. The Morgan fingerprint density at radius 3 is 2.59 bits per heavy atom. The molecule has 2 atom stereocenters. The van der Waals surface area contributed by atoms with Crippen LogP contribution >= 0.6 is 11.6 Å². The van der Waals surface area contributed by atoms with Crippen LogP contribution in [0.3, 0.4) is 0 Å². The van der Waals surface area contributed by atoms with E-state index in [1.165, 1.54) is 44.9 Å². The number of aromatic nitrogens is 4. The number of hydrogen-bond donors (Lipinski definition) is 2. The quantitative estimate of drug-likeness (QED) is 0.345. The standard InChI is InChI=1S/C29H37ClN6O3/c1-17-11-13-18(14-12-17)16-36-23-22(20-9-6-10-21(30)15-20)31-26(27-34-29(37)39-35-27)32-25(23)33-28(36)24(38-2)19-7-4-3-5-8-19/h6,9-10,15,17-19,24,27,35H,3-5,7-8,11-14,16H2,1-2H3,(H,34,37). The summed E-state index contributed by atoms with van der Waals surface area (Å²) in [5.74, 6) is 3.05. The summed E-state index contributed by atoms with van der Waals surface area (Å²) in [6, 6.07) is 7.70. The minimum absolute atomic E-state index is 0.120. The van der Waals surface area contributed by atoms with Crippen LogP contribution in [0.5, 0.6) is 0 Å². The van der Waals surface area contributed by atoms with Crippen molar-refractivity contribution in [2.45, 2.75) is 83.5 Å². The lowest BCUT2D eigenvalue weighted by Gasteiger charge is -2.31. The second kappa shape index (κ2) is 11.4. The van der Waals surface area contributed by atoms with E-state index in [-0.39, 0.29) is 6.10 Å². The SMILES string of the molecule is COC(c1nc2nc(C3NOC(=O)N3)nc(-c3cccc(Cl)c3)c2n1CC1CCC(C)CC1)C1CCCCC1. The summed E-state index contributed by atoms with van der Waals surface area (Å²) in [5.41, 5.74) is 5.77. The van der Waals surface area contributed by atoms with Gasteiger partial charge in [0.2, 0.25) is 0 Å². The van der Waals surface area contributed by atoms with Crippen LogP contribution < -0.4 is 10.8 Å². The molecule has 2 unspecified atom stereocenters. The van der Waals surface area contributed by atoms with Gasteiger partial charge in [0, 0.05) is 24.2 Å². The van der Waals surface area contributed by atoms with E-state index in [2.05, 4.69) is 22.3 Å². The highest BCUT2D eigenvalue weighted by Crippen LogP contribution is 2.40. The number of hydroxylamine groups is 1. The first-order valence-corrected chi connectivity index (χ1v) is 14.7. The molecule has 0 spiro atoms. The van der Waals surface area contributed by atoms with E-state index in [1.807, 2.05) is 24.3 Å². The highest BCUT2D eigenvalue weighted by Gasteiger charge is 2.34. The lowest BCUT2D eigenvalue weighted by Crippen LogP contribution is -2.25. The Labute approximate surface area is 234 Å². The molecule has 39 heavy (non-hydrogen) atoms. The highest BCUT2D eigenvalue weighted by molar-refractivity contribution is 6.30. The van der Waals surface area contributed by atoms with Crippen molar-refractivity contribution >= 4 is 28.9 Å². The molecule has 1 amide bonds. The van der Waals surface area contributed by atoms with Crippen LogP contribution in [0.4, 0.5) is 4.79 Å². The van der Waals surface area contributed by atoms with Gasteiger partial charge in [0.25, 0.3) is 0 Å². The fourth-order valence-corrected chi connectivity index (χ4v) is 6.75. The van der Waals surface area contributed by atoms with Gasteiger partial charge in [-0.15, -0.1) is 5.48 Å². The molecule has 0 bridgehead atoms. The molecule has 1 aliphatic heterocycles. The first-order valence-electron chi connectivity index (χ1n) is 14.3. The smallest absolute Gasteiger partial charge is 0.373 e. The van der Waals surface area contributed by atoms with Gasteiger partial charge in [0.05, 0.1) is 0 Å². The number of hydrogen-bond acceptors (Lipinski definition) is 7. The molecule has 3 heterocycles. The number of carbonyl (C=O) groups excluding carboxylic acids is 1. The lowest BCUT2D eigenvalue weighted by atomic mass is 9.82. The van der Waals surface area contributed by atoms with Gasteiger partial charge in [0.15, 0.2) is 17.6 Å². The van der Waals surface area contributed by atoms with Crippen molar-refractivity contribution in [2.24, 2.45) is 17.8 Å². The van der Waals surface area contributed by atoms with Gasteiger partial charge in [-0.3, -0.25) is 5.32 Å². The zero-order valence-corrected chi connectivity index (χ0v) is 23.4. The molecule has 208 valence electrons. The maximum absolute atomic E-state index is 11.8. The normalized spacial score (nSPS) is 25.0. The topological polar surface area (TPSA) is 103 Å². The molecule has 3 aliphatic rings. The number of halogens is 1. The summed E-state index contributed by atoms with van der Waals surface area (Å²) < 4.78 is 8.56. The molecule has 3 fully saturated rings. The molecule has 1 aromatic carbocycles. The molecule has 9 nitrogen and oxygen atoms in total. The molecule has 6 rings (SSSR count). The van der Waals surface area contributed by atoms with Crippen LogP contribution in [0.15, 0.2) is 24.3 Å². The average Bonchev–Trinajstić information content (AvgIpc) is 3.54. The van der Waals surface area contributed by atoms with Crippen LogP contribution in [0.1, 0.15) is 88.6 Å². The first kappa shape index (κ1) is 26.5. The van der Waals surface area contributed by atoms with Crippen molar-refractivity contribution in [1.29, 1.82) is 0 Å². The maximum Gasteiger partial charge on any atom is 0.427 e. The van der Waals surface area contributed by atoms with Gasteiger partial charge in [0.1, 0.15) is 23.1 Å². The molecule has 2 aromatic heterocycles. The van der Waals surface area contributed by atoms with Crippen molar-refractivity contribution < 1.29 is 14.4 Å². The Bertz CT molecular complexity index is 1330. The summed E-state index contributed by atoms with van der Waals surface area (Å²) in [6.45, 7) is 3.20. The van der Waals surface area contributed by atoms with E-state index < -0.39 is 12.3 Å². The Hall–Kier alpha value is -2.75. The Morgan fingerprint density at radius 1 is 1.10 bits per heavy atom. The molecule has 2 saturated carbocycles. The minimum atomic E-state index is -0.676. The van der Waals surface area contributed by atoms with Crippen LogP contribution in [-0.2, 0) is 16.1 Å². The Balaban J connectivity index is 1.53. The number of nitrogens with zero attached hydrogens (tertiary/aromatic N) is 4. The summed E-state index contributed by atoms with van der Waals surface area (Å²) in [5, 5.41) is 3.35. The highest BCUT2D eigenvalue weighted by atomic mass is 35.5. The molecular formula is C29H37ClN6O3. The number of ether oxygens (including phenoxy) is 1. The number of carbonyl (C=O) groups is 1. The van der Waals surface area contributed by atoms with E-state index in [4.69, 9.17) is 36.1 Å². The summed E-state index contributed by atoms with van der Waals surface area (Å²) in [4.78, 5) is 31.7. The molecular weight excluding hydrogens is 516 g/mol. The van der Waals surface area contributed by atoms with Gasteiger partial charge in [-0.2, -0.15) is 0 Å². The van der Waals surface area contributed by atoms with Gasteiger partial charge in [-0.1, -0.05) is 62.8 Å². The third-order valence-electron chi connectivity index (χ3n) is 8.70. The zero-order chi connectivity index (χ0) is 26.9. The lowest BCUT2D eigenvalue weighted by molar-refractivity contribution is 0.0259. The third-order valence-corrected chi connectivity index (χ3v) is 8.94. The number of methoxy groups -OCH3 is 1. The number of benzene rings is 1. The fraction of sp³-hybridized carbons (Fsp3) is 0.586. The Morgan fingerprint density at radius 2 is 1.90 bits per heavy atom. The van der Waals surface area contributed by atoms with Crippen molar-refractivity contribution in [3.8, 4) is 11.3 Å². The van der Waals surface area contributed by atoms with Crippen molar-refractivity contribution in [3.05, 3.63) is 40.9 Å². The van der Waals surface area contributed by atoms with Crippen molar-refractivity contribution in [2.75, 3.05) is 7.11 Å². The summed E-state index contributed by atoms with van der Waals surface area (Å²) in [6.07, 6.45) is 9.51. The number of nitrogens with one attached hydrogen (secondary N) is 2. The molecule has 2 aliphatic carbocycles. The summed E-state index contributed by atoms with van der Waals surface area (Å²) in [7, 11) is 1.80. The summed E-state index contributed by atoms with van der Waals surface area (Å²) >= 11 is 6.45. The molecule has 1 saturated heterocycles. The van der Waals surface area contributed by atoms with E-state index >= 15 is 0 Å². The van der Waals surface area contributed by atoms with Gasteiger partial charge >= 0.3 is 6.09 Å². The largest absolute Gasteiger partial charge is 0.427 e. The van der Waals surface area contributed by atoms with Gasteiger partial charge in [-0.25, -0.2) is 19.7 Å². The van der Waals surface area contributed by atoms with Crippen molar-refractivity contribution in [3.63, 3.8) is 0 Å². The first-order chi connectivity index (χ1) is 19.0. The van der Waals surface area contributed by atoms with Gasteiger partial charge < -0.3 is 14.1 Å². The van der Waals surface area contributed by atoms with Gasteiger partial charge in [-0.05, 0) is 55.6 Å². The maximum atomic E-state index is 11.8. The second-order valence-corrected chi connectivity index (χ2v) is 11.9. The predicted octanol–water partition coefficient (Wildman–Crippen LogP) is 6.48. The van der Waals surface area contributed by atoms with Crippen LogP contribution in [0, 0.1) is 17.8 Å². The molecule has 3 aromatic rings.